The van der Waals surface area contributed by atoms with Crippen LogP contribution in [0.5, 0.6) is 0 Å². The molecule has 0 aliphatic rings. The lowest BCUT2D eigenvalue weighted by molar-refractivity contribution is 0.589. The Hall–Kier alpha value is -1.40. The topological polar surface area (TPSA) is 36.2 Å². The molecule has 0 saturated carbocycles. The lowest BCUT2D eigenvalue weighted by Gasteiger charge is -2.02. The second kappa shape index (κ2) is 9.61. The minimum atomic E-state index is 0.813. The van der Waals surface area contributed by atoms with E-state index in [4.69, 9.17) is 5.41 Å². The van der Waals surface area contributed by atoms with Crippen LogP contribution in [0.2, 0.25) is 0 Å². The van der Waals surface area contributed by atoms with Crippen molar-refractivity contribution in [1.29, 1.82) is 5.41 Å². The van der Waals surface area contributed by atoms with Crippen LogP contribution in [-0.4, -0.2) is 6.01 Å². The van der Waals surface area contributed by atoms with Crippen LogP contribution in [0, 0.1) is 5.41 Å². The quantitative estimate of drug-likeness (QED) is 0.448. The Kier molecular flexibility index (Phi) is 7.83. The molecule has 0 bridgehead atoms. The van der Waals surface area contributed by atoms with Crippen molar-refractivity contribution in [3.63, 3.8) is 0 Å². The molecular weight excluding hydrogens is 220 g/mol. The number of rotatable bonds is 9. The van der Waals surface area contributed by atoms with Gasteiger partial charge in [0.2, 0.25) is 0 Å². The molecule has 1 aromatic carbocycles. The highest BCUT2D eigenvalue weighted by molar-refractivity contribution is 5.50. The van der Waals surface area contributed by atoms with Crippen molar-refractivity contribution in [1.82, 2.24) is 0 Å². The monoisotopic (exact) mass is 244 g/mol. The lowest BCUT2D eigenvalue weighted by atomic mass is 10.0. The molecule has 2 heteroatoms. The van der Waals surface area contributed by atoms with Gasteiger partial charge in [0.1, 0.15) is 0 Å². The summed E-state index contributed by atoms with van der Waals surface area (Å²) in [5.74, 6) is 0. The number of unbranched alkanes of at least 4 members (excludes halogenated alkanes) is 6. The van der Waals surface area contributed by atoms with Crippen LogP contribution in [-0.2, 0) is 6.42 Å². The van der Waals surface area contributed by atoms with Crippen LogP contribution in [0.1, 0.15) is 57.4 Å². The Morgan fingerprint density at radius 2 is 1.56 bits per heavy atom. The maximum Gasteiger partial charge on any atom is 0.0918 e. The van der Waals surface area contributed by atoms with Gasteiger partial charge in [0, 0.05) is 0 Å². The molecule has 0 aromatic heterocycles. The van der Waals surface area contributed by atoms with E-state index < -0.39 is 0 Å². The minimum Gasteiger partial charge on any atom is -0.241 e. The van der Waals surface area contributed by atoms with Crippen molar-refractivity contribution in [2.75, 3.05) is 0 Å². The predicted molar refractivity (Wildman–Crippen MR) is 78.0 cm³/mol. The van der Waals surface area contributed by atoms with Gasteiger partial charge in [-0.3, -0.25) is 0 Å². The number of aliphatic imine (C=N–C) groups is 1. The fourth-order valence-corrected chi connectivity index (χ4v) is 2.09. The van der Waals surface area contributed by atoms with E-state index >= 15 is 0 Å². The molecule has 1 N–H and O–H groups in total. The fraction of sp³-hybridized carbons (Fsp3) is 0.562. The van der Waals surface area contributed by atoms with Gasteiger partial charge in [0.15, 0.2) is 0 Å². The third kappa shape index (κ3) is 6.36. The van der Waals surface area contributed by atoms with Crippen molar-refractivity contribution in [3.05, 3.63) is 29.8 Å². The van der Waals surface area contributed by atoms with Crippen molar-refractivity contribution in [2.24, 2.45) is 4.99 Å². The average molecular weight is 244 g/mol. The number of hydrogen-bond acceptors (Lipinski definition) is 2. The summed E-state index contributed by atoms with van der Waals surface area (Å²) in [6.45, 7) is 2.26. The highest BCUT2D eigenvalue weighted by Crippen LogP contribution is 2.15. The van der Waals surface area contributed by atoms with Crippen LogP contribution in [0.3, 0.4) is 0 Å². The number of hydrogen-bond donors (Lipinski definition) is 1. The molecule has 1 rings (SSSR count). The van der Waals surface area contributed by atoms with Crippen molar-refractivity contribution < 1.29 is 0 Å². The second-order valence-electron chi connectivity index (χ2n) is 4.76. The largest absolute Gasteiger partial charge is 0.241 e. The van der Waals surface area contributed by atoms with Gasteiger partial charge in [-0.15, -0.1) is 0 Å². The molecule has 0 heterocycles. The highest BCUT2D eigenvalue weighted by Gasteiger charge is 1.95. The minimum absolute atomic E-state index is 0.813. The Bertz CT molecular complexity index is 361. The molecule has 0 saturated heterocycles. The highest BCUT2D eigenvalue weighted by atomic mass is 14.7. The summed E-state index contributed by atoms with van der Waals surface area (Å²) < 4.78 is 0. The van der Waals surface area contributed by atoms with Crippen LogP contribution in [0.25, 0.3) is 0 Å². The van der Waals surface area contributed by atoms with Gasteiger partial charge in [0.05, 0.1) is 11.7 Å². The van der Waals surface area contributed by atoms with Gasteiger partial charge in [0.25, 0.3) is 0 Å². The zero-order valence-electron chi connectivity index (χ0n) is 11.4. The van der Waals surface area contributed by atoms with Gasteiger partial charge < -0.3 is 0 Å². The van der Waals surface area contributed by atoms with Gasteiger partial charge in [-0.2, -0.15) is 4.99 Å². The number of benzene rings is 1. The summed E-state index contributed by atoms with van der Waals surface area (Å²) in [7, 11) is 0. The average Bonchev–Trinajstić information content (AvgIpc) is 2.40. The lowest BCUT2D eigenvalue weighted by Crippen LogP contribution is -1.86. The maximum atomic E-state index is 6.78. The molecule has 2 nitrogen and oxygen atoms in total. The van der Waals surface area contributed by atoms with Gasteiger partial charge in [-0.05, 0) is 30.5 Å². The van der Waals surface area contributed by atoms with Gasteiger partial charge >= 0.3 is 0 Å². The predicted octanol–water partition coefficient (Wildman–Crippen LogP) is 5.36. The van der Waals surface area contributed by atoms with Crippen LogP contribution in [0.15, 0.2) is 29.3 Å². The third-order valence-electron chi connectivity index (χ3n) is 3.19. The zero-order chi connectivity index (χ0) is 13.1. The summed E-state index contributed by atoms with van der Waals surface area (Å²) >= 11 is 0. The molecule has 0 aliphatic carbocycles. The smallest absolute Gasteiger partial charge is 0.0918 e. The van der Waals surface area contributed by atoms with Gasteiger partial charge in [-0.25, -0.2) is 5.41 Å². The standard InChI is InChI=1S/C16H24N2/c1-2-3-4-5-6-7-8-9-15-10-12-16(13-11-15)18-14-17/h10-13,17H,2-9H2,1H3. The summed E-state index contributed by atoms with van der Waals surface area (Å²) in [6.07, 6.45) is 10.6. The van der Waals surface area contributed by atoms with Crippen LogP contribution >= 0.6 is 0 Å². The van der Waals surface area contributed by atoms with Crippen molar-refractivity contribution >= 4 is 11.7 Å². The van der Waals surface area contributed by atoms with E-state index in [2.05, 4.69) is 30.1 Å². The molecule has 0 aliphatic heterocycles. The van der Waals surface area contributed by atoms with E-state index in [0.717, 1.165) is 12.1 Å². The fourth-order valence-electron chi connectivity index (χ4n) is 2.09. The first-order valence-corrected chi connectivity index (χ1v) is 7.08. The first-order valence-electron chi connectivity index (χ1n) is 7.08. The number of nitrogens with one attached hydrogen (secondary N) is 1. The van der Waals surface area contributed by atoms with Gasteiger partial charge in [-0.1, -0.05) is 57.6 Å². The molecule has 1 aromatic rings. The Labute approximate surface area is 111 Å². The van der Waals surface area contributed by atoms with E-state index in [1.807, 2.05) is 12.1 Å². The van der Waals surface area contributed by atoms with Crippen LogP contribution in [0.4, 0.5) is 5.69 Å². The number of aryl methyl sites for hydroxylation is 1. The molecule has 0 spiro atoms. The third-order valence-corrected chi connectivity index (χ3v) is 3.19. The molecule has 98 valence electrons. The maximum absolute atomic E-state index is 6.78. The van der Waals surface area contributed by atoms with E-state index in [9.17, 15) is 0 Å². The first-order chi connectivity index (χ1) is 8.86. The van der Waals surface area contributed by atoms with E-state index in [-0.39, 0.29) is 0 Å². The SMILES string of the molecule is CCCCCCCCCc1ccc(N=C=N)cc1. The first kappa shape index (κ1) is 14.7. The number of nitrogens with zero attached hydrogens (tertiary/aromatic N) is 1. The molecule has 0 atom stereocenters. The molecular formula is C16H24N2. The summed E-state index contributed by atoms with van der Waals surface area (Å²) in [5, 5.41) is 6.78. The van der Waals surface area contributed by atoms with E-state index in [1.165, 1.54) is 50.5 Å². The van der Waals surface area contributed by atoms with E-state index in [1.54, 1.807) is 0 Å². The summed E-state index contributed by atoms with van der Waals surface area (Å²) in [5.41, 5.74) is 2.18. The molecule has 0 fully saturated rings. The van der Waals surface area contributed by atoms with Crippen molar-refractivity contribution in [3.8, 4) is 0 Å². The van der Waals surface area contributed by atoms with E-state index in [0.29, 0.717) is 0 Å². The molecule has 0 unspecified atom stereocenters. The molecule has 18 heavy (non-hydrogen) atoms. The zero-order valence-corrected chi connectivity index (χ0v) is 11.4. The summed E-state index contributed by atoms with van der Waals surface area (Å²) in [6, 6.07) is 10.2. The molecule has 0 amide bonds. The molecule has 0 radical (unpaired) electrons. The second-order valence-corrected chi connectivity index (χ2v) is 4.76. The Morgan fingerprint density at radius 3 is 2.17 bits per heavy atom. The van der Waals surface area contributed by atoms with Crippen LogP contribution < -0.4 is 0 Å². The normalized spacial score (nSPS) is 10.1. The Morgan fingerprint density at radius 1 is 0.944 bits per heavy atom. The van der Waals surface area contributed by atoms with Crippen molar-refractivity contribution in [2.45, 2.75) is 58.3 Å². The Balaban J connectivity index is 2.13. The summed E-state index contributed by atoms with van der Waals surface area (Å²) in [4.78, 5) is 3.80.